The highest BCUT2D eigenvalue weighted by Gasteiger charge is 2.70. The summed E-state index contributed by atoms with van der Waals surface area (Å²) in [6, 6.07) is 1.73. The monoisotopic (exact) mass is 477 g/mol. The molecule has 4 atom stereocenters. The smallest absolute Gasteiger partial charge is 0.418 e. The molecule has 3 aliphatic carbocycles. The van der Waals surface area contributed by atoms with E-state index in [9.17, 15) is 31.4 Å². The van der Waals surface area contributed by atoms with Gasteiger partial charge in [-0.2, -0.15) is 26.3 Å². The van der Waals surface area contributed by atoms with Crippen molar-refractivity contribution in [2.45, 2.75) is 69.1 Å². The number of halogens is 6. The number of fused-ring (bicyclic) bond motifs is 2. The van der Waals surface area contributed by atoms with Crippen LogP contribution in [0.4, 0.5) is 26.3 Å². The van der Waals surface area contributed by atoms with E-state index in [0.29, 0.717) is 19.3 Å². The van der Waals surface area contributed by atoms with Crippen molar-refractivity contribution >= 4 is 11.0 Å². The third kappa shape index (κ3) is 3.77. The zero-order chi connectivity index (χ0) is 23.8. The highest BCUT2D eigenvalue weighted by atomic mass is 19.4. The second-order valence-electron chi connectivity index (χ2n) is 10.1. The predicted octanol–water partition coefficient (Wildman–Crippen LogP) is 4.81. The summed E-state index contributed by atoms with van der Waals surface area (Å²) in [7, 11) is 0. The summed E-state index contributed by atoms with van der Waals surface area (Å²) in [5.41, 5.74) is -2.96. The van der Waals surface area contributed by atoms with Gasteiger partial charge in [-0.3, -0.25) is 0 Å². The van der Waals surface area contributed by atoms with Gasteiger partial charge in [0.1, 0.15) is 17.9 Å². The third-order valence-corrected chi connectivity index (χ3v) is 7.90. The Labute approximate surface area is 185 Å². The van der Waals surface area contributed by atoms with Crippen LogP contribution in [0.5, 0.6) is 5.75 Å². The van der Waals surface area contributed by atoms with Gasteiger partial charge in [-0.1, -0.05) is 0 Å². The summed E-state index contributed by atoms with van der Waals surface area (Å²) >= 11 is 0. The molecular formula is C22H25F6N3O2. The number of nitrogens with one attached hydrogen (secondary N) is 2. The molecule has 4 aliphatic rings. The van der Waals surface area contributed by atoms with Gasteiger partial charge in [-0.05, 0) is 51.0 Å². The molecule has 2 heterocycles. The van der Waals surface area contributed by atoms with E-state index in [1.807, 2.05) is 6.92 Å². The largest absolute Gasteiger partial charge is 0.492 e. The van der Waals surface area contributed by atoms with E-state index in [0.717, 1.165) is 6.07 Å². The number of aromatic amines is 1. The molecule has 182 valence electrons. The van der Waals surface area contributed by atoms with Gasteiger partial charge in [0, 0.05) is 23.6 Å². The summed E-state index contributed by atoms with van der Waals surface area (Å²) in [5.74, 6) is -1.80. The number of nitrogens with zero attached hydrogens (tertiary/aromatic N) is 1. The fraction of sp³-hybridized carbons (Fsp3) is 0.682. The highest BCUT2D eigenvalue weighted by molar-refractivity contribution is 5.80. The van der Waals surface area contributed by atoms with E-state index in [2.05, 4.69) is 15.3 Å². The quantitative estimate of drug-likeness (QED) is 0.553. The summed E-state index contributed by atoms with van der Waals surface area (Å²) in [5, 5.41) is 14.8. The van der Waals surface area contributed by atoms with Crippen molar-refractivity contribution in [1.29, 1.82) is 0 Å². The average Bonchev–Trinajstić information content (AvgIpc) is 3.36. The molecule has 33 heavy (non-hydrogen) atoms. The zero-order valence-corrected chi connectivity index (χ0v) is 17.9. The maximum Gasteiger partial charge on any atom is 0.418 e. The lowest BCUT2D eigenvalue weighted by Crippen LogP contribution is -2.62. The van der Waals surface area contributed by atoms with Gasteiger partial charge in [0.05, 0.1) is 28.9 Å². The first kappa shape index (κ1) is 22.8. The lowest BCUT2D eigenvalue weighted by atomic mass is 9.55. The van der Waals surface area contributed by atoms with E-state index in [-0.39, 0.29) is 42.3 Å². The van der Waals surface area contributed by atoms with E-state index < -0.39 is 46.8 Å². The molecule has 1 aliphatic heterocycles. The SMILES string of the molecule is C[C@H]1C[C@@](O)(C23CC(C2)C(C(F)(F)F)C3)C[C@@H](COc2cc(C(F)(F)F)c3nc[nH]c3c2)N1. The lowest BCUT2D eigenvalue weighted by molar-refractivity contribution is -0.180. The van der Waals surface area contributed by atoms with E-state index in [1.165, 1.54) is 12.4 Å². The first-order valence-electron chi connectivity index (χ1n) is 11.0. The van der Waals surface area contributed by atoms with E-state index in [4.69, 9.17) is 4.74 Å². The number of imidazole rings is 1. The molecule has 3 N–H and O–H groups in total. The summed E-state index contributed by atoms with van der Waals surface area (Å²) in [4.78, 5) is 6.38. The number of hydrogen-bond donors (Lipinski definition) is 3. The van der Waals surface area contributed by atoms with Crippen LogP contribution >= 0.6 is 0 Å². The molecule has 4 fully saturated rings. The molecule has 5 nitrogen and oxygen atoms in total. The third-order valence-electron chi connectivity index (χ3n) is 7.90. The lowest BCUT2D eigenvalue weighted by Gasteiger charge is -2.55. The van der Waals surface area contributed by atoms with Crippen LogP contribution in [0, 0.1) is 17.3 Å². The number of benzene rings is 1. The molecule has 1 aromatic carbocycles. The van der Waals surface area contributed by atoms with Crippen LogP contribution in [0.2, 0.25) is 0 Å². The van der Waals surface area contributed by atoms with Crippen molar-refractivity contribution in [2.75, 3.05) is 6.61 Å². The van der Waals surface area contributed by atoms with Crippen LogP contribution in [0.25, 0.3) is 11.0 Å². The number of piperidine rings is 1. The standard InChI is InChI=1S/C22H25F6N3O2/c1-11-4-20(32,19-5-12(6-19)16(8-19)22(26,27)28)7-13(31-11)9-33-14-2-15(21(23,24)25)18-17(3-14)29-10-30-18/h2-3,10-13,16,31-32H,4-9H2,1H3,(H,29,30)/t11-,12?,13-,16?,19?,20-/m0/s1. The number of rotatable bonds is 4. The van der Waals surface area contributed by atoms with Crippen LogP contribution in [0.1, 0.15) is 44.6 Å². The maximum atomic E-state index is 13.4. The van der Waals surface area contributed by atoms with Crippen molar-refractivity contribution in [3.8, 4) is 5.75 Å². The van der Waals surface area contributed by atoms with Crippen molar-refractivity contribution in [1.82, 2.24) is 15.3 Å². The minimum absolute atomic E-state index is 0.00233. The molecule has 2 aromatic rings. The number of ether oxygens (including phenoxy) is 1. The molecular weight excluding hydrogens is 452 g/mol. The Kier molecular flexibility index (Phi) is 5.00. The fourth-order valence-corrected chi connectivity index (χ4v) is 6.51. The first-order valence-corrected chi connectivity index (χ1v) is 11.0. The molecule has 0 spiro atoms. The molecule has 6 rings (SSSR count). The molecule has 2 bridgehead atoms. The van der Waals surface area contributed by atoms with Gasteiger partial charge < -0.3 is 20.1 Å². The Bertz CT molecular complexity index is 1040. The minimum atomic E-state index is -4.61. The van der Waals surface area contributed by atoms with Crippen LogP contribution in [0.3, 0.4) is 0 Å². The Morgan fingerprint density at radius 3 is 2.45 bits per heavy atom. The van der Waals surface area contributed by atoms with Crippen molar-refractivity contribution in [3.63, 3.8) is 0 Å². The molecule has 1 saturated heterocycles. The topological polar surface area (TPSA) is 70.2 Å². The highest BCUT2D eigenvalue weighted by Crippen LogP contribution is 2.70. The average molecular weight is 477 g/mol. The molecule has 11 heteroatoms. The van der Waals surface area contributed by atoms with Crippen molar-refractivity contribution in [2.24, 2.45) is 17.3 Å². The molecule has 1 aromatic heterocycles. The van der Waals surface area contributed by atoms with E-state index >= 15 is 0 Å². The Morgan fingerprint density at radius 1 is 1.09 bits per heavy atom. The second-order valence-corrected chi connectivity index (χ2v) is 10.1. The van der Waals surface area contributed by atoms with Gasteiger partial charge in [-0.15, -0.1) is 0 Å². The predicted molar refractivity (Wildman–Crippen MR) is 106 cm³/mol. The molecule has 0 radical (unpaired) electrons. The maximum absolute atomic E-state index is 13.4. The van der Waals surface area contributed by atoms with Gasteiger partial charge in [0.2, 0.25) is 0 Å². The Hall–Kier alpha value is -2.01. The second kappa shape index (κ2) is 7.24. The van der Waals surface area contributed by atoms with Crippen LogP contribution < -0.4 is 10.1 Å². The fourth-order valence-electron chi connectivity index (χ4n) is 6.51. The Morgan fingerprint density at radius 2 is 1.82 bits per heavy atom. The number of aromatic nitrogens is 2. The summed E-state index contributed by atoms with van der Waals surface area (Å²) in [6.07, 6.45) is -6.52. The van der Waals surface area contributed by atoms with Crippen LogP contribution in [-0.4, -0.2) is 45.5 Å². The normalized spacial score (nSPS) is 36.7. The van der Waals surface area contributed by atoms with Gasteiger partial charge in [-0.25, -0.2) is 4.98 Å². The van der Waals surface area contributed by atoms with E-state index in [1.54, 1.807) is 0 Å². The van der Waals surface area contributed by atoms with Crippen molar-refractivity contribution < 1.29 is 36.2 Å². The number of hydrogen-bond acceptors (Lipinski definition) is 4. The van der Waals surface area contributed by atoms with Crippen LogP contribution in [-0.2, 0) is 6.18 Å². The zero-order valence-electron chi connectivity index (χ0n) is 17.9. The molecule has 1 unspecified atom stereocenters. The molecule has 3 saturated carbocycles. The minimum Gasteiger partial charge on any atom is -0.492 e. The number of alkyl halides is 6. The molecule has 0 amide bonds. The summed E-state index contributed by atoms with van der Waals surface area (Å²) < 4.78 is 86.0. The van der Waals surface area contributed by atoms with Gasteiger partial charge >= 0.3 is 12.4 Å². The van der Waals surface area contributed by atoms with Gasteiger partial charge in [0.15, 0.2) is 0 Å². The summed E-state index contributed by atoms with van der Waals surface area (Å²) in [6.45, 7) is 1.82. The van der Waals surface area contributed by atoms with Crippen LogP contribution in [0.15, 0.2) is 18.5 Å². The Balaban J connectivity index is 1.32. The number of H-pyrrole nitrogens is 1. The van der Waals surface area contributed by atoms with Gasteiger partial charge in [0.25, 0.3) is 0 Å². The van der Waals surface area contributed by atoms with Crippen molar-refractivity contribution in [3.05, 3.63) is 24.0 Å². The number of aliphatic hydroxyl groups is 1. The first-order chi connectivity index (χ1) is 15.3.